The summed E-state index contributed by atoms with van der Waals surface area (Å²) in [6.45, 7) is 3.61. The number of aliphatic hydroxyl groups is 1. The Kier molecular flexibility index (Phi) is 3.29. The summed E-state index contributed by atoms with van der Waals surface area (Å²) in [7, 11) is 0. The first-order valence-corrected chi connectivity index (χ1v) is 4.21. The van der Waals surface area contributed by atoms with E-state index in [0.717, 1.165) is 25.3 Å². The van der Waals surface area contributed by atoms with Gasteiger partial charge in [0.05, 0.1) is 12.7 Å². The summed E-state index contributed by atoms with van der Waals surface area (Å²) >= 11 is 0. The van der Waals surface area contributed by atoms with Crippen LogP contribution in [-0.2, 0) is 9.53 Å². The zero-order chi connectivity index (χ0) is 8.97. The topological polar surface area (TPSA) is 46.5 Å². The van der Waals surface area contributed by atoms with Crippen molar-refractivity contribution in [2.24, 2.45) is 5.92 Å². The van der Waals surface area contributed by atoms with E-state index in [9.17, 15) is 9.90 Å². The van der Waals surface area contributed by atoms with Gasteiger partial charge >= 0.3 is 5.97 Å². The maximum Gasteiger partial charge on any atom is 0.330 e. The quantitative estimate of drug-likeness (QED) is 0.505. The van der Waals surface area contributed by atoms with E-state index in [0.29, 0.717) is 6.61 Å². The summed E-state index contributed by atoms with van der Waals surface area (Å²) in [6.07, 6.45) is 3.66. The van der Waals surface area contributed by atoms with Gasteiger partial charge in [0.15, 0.2) is 0 Å². The molecule has 1 saturated carbocycles. The fraction of sp³-hybridized carbons (Fsp3) is 0.667. The average Bonchev–Trinajstić information content (AvgIpc) is 2.47. The van der Waals surface area contributed by atoms with E-state index in [1.54, 1.807) is 0 Å². The van der Waals surface area contributed by atoms with E-state index in [4.69, 9.17) is 4.74 Å². The number of rotatable bonds is 3. The molecule has 3 nitrogen and oxygen atoms in total. The van der Waals surface area contributed by atoms with E-state index in [2.05, 4.69) is 6.58 Å². The second kappa shape index (κ2) is 4.26. The molecule has 0 aromatic heterocycles. The first-order chi connectivity index (χ1) is 5.74. The zero-order valence-electron chi connectivity index (χ0n) is 7.03. The number of carbonyl (C=O) groups is 1. The third kappa shape index (κ3) is 2.34. The maximum atomic E-state index is 10.7. The number of aliphatic hydroxyl groups excluding tert-OH is 1. The van der Waals surface area contributed by atoms with Crippen LogP contribution in [0.15, 0.2) is 12.7 Å². The van der Waals surface area contributed by atoms with Gasteiger partial charge in [0.2, 0.25) is 0 Å². The molecule has 0 heterocycles. The number of ether oxygens (including phenoxy) is 1. The molecule has 0 aromatic rings. The van der Waals surface area contributed by atoms with Gasteiger partial charge in [-0.25, -0.2) is 4.79 Å². The van der Waals surface area contributed by atoms with Crippen LogP contribution in [0.1, 0.15) is 19.3 Å². The highest BCUT2D eigenvalue weighted by Crippen LogP contribution is 2.25. The third-order valence-corrected chi connectivity index (χ3v) is 2.23. The summed E-state index contributed by atoms with van der Waals surface area (Å²) in [5.41, 5.74) is 0. The van der Waals surface area contributed by atoms with E-state index in [1.807, 2.05) is 0 Å². The Morgan fingerprint density at radius 2 is 2.42 bits per heavy atom. The molecular weight excluding hydrogens is 156 g/mol. The van der Waals surface area contributed by atoms with Crippen LogP contribution in [0.3, 0.4) is 0 Å². The molecule has 1 aliphatic carbocycles. The SMILES string of the molecule is C=CC(=O)OCC1CCCC1O. The third-order valence-electron chi connectivity index (χ3n) is 2.23. The molecule has 2 unspecified atom stereocenters. The fourth-order valence-electron chi connectivity index (χ4n) is 1.46. The van der Waals surface area contributed by atoms with Crippen molar-refractivity contribution in [3.8, 4) is 0 Å². The molecule has 1 rings (SSSR count). The van der Waals surface area contributed by atoms with Crippen LogP contribution in [0.5, 0.6) is 0 Å². The lowest BCUT2D eigenvalue weighted by atomic mass is 10.1. The molecule has 0 saturated heterocycles. The standard InChI is InChI=1S/C9H14O3/c1-2-9(11)12-6-7-4-3-5-8(7)10/h2,7-8,10H,1,3-6H2. The van der Waals surface area contributed by atoms with Crippen molar-refractivity contribution in [3.63, 3.8) is 0 Å². The maximum absolute atomic E-state index is 10.7. The van der Waals surface area contributed by atoms with Crippen LogP contribution >= 0.6 is 0 Å². The number of esters is 1. The summed E-state index contributed by atoms with van der Waals surface area (Å²) < 4.78 is 4.83. The van der Waals surface area contributed by atoms with Gasteiger partial charge in [0, 0.05) is 12.0 Å². The lowest BCUT2D eigenvalue weighted by Gasteiger charge is -2.13. The average molecular weight is 170 g/mol. The van der Waals surface area contributed by atoms with Gasteiger partial charge in [-0.2, -0.15) is 0 Å². The van der Waals surface area contributed by atoms with Crippen molar-refractivity contribution < 1.29 is 14.6 Å². The monoisotopic (exact) mass is 170 g/mol. The van der Waals surface area contributed by atoms with E-state index < -0.39 is 5.97 Å². The van der Waals surface area contributed by atoms with Gasteiger partial charge in [-0.1, -0.05) is 13.0 Å². The second-order valence-corrected chi connectivity index (χ2v) is 3.09. The first kappa shape index (κ1) is 9.26. The molecule has 0 spiro atoms. The highest BCUT2D eigenvalue weighted by molar-refractivity contribution is 5.81. The van der Waals surface area contributed by atoms with Crippen molar-refractivity contribution in [2.45, 2.75) is 25.4 Å². The molecular formula is C9H14O3. The number of carbonyl (C=O) groups excluding carboxylic acids is 1. The zero-order valence-corrected chi connectivity index (χ0v) is 7.03. The number of hydrogen-bond acceptors (Lipinski definition) is 3. The molecule has 12 heavy (non-hydrogen) atoms. The lowest BCUT2D eigenvalue weighted by molar-refractivity contribution is -0.139. The first-order valence-electron chi connectivity index (χ1n) is 4.21. The minimum absolute atomic E-state index is 0.133. The van der Waals surface area contributed by atoms with E-state index in [-0.39, 0.29) is 12.0 Å². The van der Waals surface area contributed by atoms with Crippen LogP contribution in [0.4, 0.5) is 0 Å². The molecule has 1 N–H and O–H groups in total. The van der Waals surface area contributed by atoms with Crippen LogP contribution in [-0.4, -0.2) is 23.8 Å². The molecule has 3 heteroatoms. The van der Waals surface area contributed by atoms with Gasteiger partial charge in [-0.3, -0.25) is 0 Å². The van der Waals surface area contributed by atoms with Crippen LogP contribution in [0.25, 0.3) is 0 Å². The molecule has 68 valence electrons. The van der Waals surface area contributed by atoms with Gasteiger partial charge in [-0.15, -0.1) is 0 Å². The normalized spacial score (nSPS) is 28.4. The van der Waals surface area contributed by atoms with E-state index in [1.165, 1.54) is 0 Å². The van der Waals surface area contributed by atoms with Crippen molar-refractivity contribution in [2.75, 3.05) is 6.61 Å². The summed E-state index contributed by atoms with van der Waals surface area (Å²) in [5, 5.41) is 9.36. The Morgan fingerprint density at radius 1 is 1.67 bits per heavy atom. The van der Waals surface area contributed by atoms with Crippen LogP contribution < -0.4 is 0 Å². The second-order valence-electron chi connectivity index (χ2n) is 3.09. The van der Waals surface area contributed by atoms with Crippen LogP contribution in [0, 0.1) is 5.92 Å². The molecule has 0 amide bonds. The Balaban J connectivity index is 2.22. The molecule has 0 aliphatic heterocycles. The smallest absolute Gasteiger partial charge is 0.330 e. The molecule has 0 aromatic carbocycles. The van der Waals surface area contributed by atoms with E-state index >= 15 is 0 Å². The minimum atomic E-state index is -0.408. The van der Waals surface area contributed by atoms with Gasteiger partial charge in [0.25, 0.3) is 0 Å². The van der Waals surface area contributed by atoms with Gasteiger partial charge < -0.3 is 9.84 Å². The lowest BCUT2D eigenvalue weighted by Crippen LogP contribution is -2.20. The Hall–Kier alpha value is -0.830. The van der Waals surface area contributed by atoms with Crippen molar-refractivity contribution in [3.05, 3.63) is 12.7 Å². The highest BCUT2D eigenvalue weighted by atomic mass is 16.5. The molecule has 0 bridgehead atoms. The molecule has 0 radical (unpaired) electrons. The Morgan fingerprint density at radius 3 is 2.92 bits per heavy atom. The van der Waals surface area contributed by atoms with Gasteiger partial charge in [-0.05, 0) is 12.8 Å². The molecule has 1 aliphatic rings. The van der Waals surface area contributed by atoms with Crippen molar-refractivity contribution in [1.29, 1.82) is 0 Å². The van der Waals surface area contributed by atoms with Gasteiger partial charge in [0.1, 0.15) is 0 Å². The molecule has 1 fully saturated rings. The summed E-state index contributed by atoms with van der Waals surface area (Å²) in [6, 6.07) is 0. The van der Waals surface area contributed by atoms with Crippen LogP contribution in [0.2, 0.25) is 0 Å². The fourth-order valence-corrected chi connectivity index (χ4v) is 1.46. The van der Waals surface area contributed by atoms with Crippen molar-refractivity contribution >= 4 is 5.97 Å². The largest absolute Gasteiger partial charge is 0.462 e. The Bertz CT molecular complexity index is 177. The predicted molar refractivity (Wildman–Crippen MR) is 44.5 cm³/mol. The minimum Gasteiger partial charge on any atom is -0.462 e. The predicted octanol–water partition coefficient (Wildman–Crippen LogP) is 0.877. The highest BCUT2D eigenvalue weighted by Gasteiger charge is 2.25. The number of hydrogen-bond donors (Lipinski definition) is 1. The Labute approximate surface area is 72.0 Å². The van der Waals surface area contributed by atoms with Crippen molar-refractivity contribution in [1.82, 2.24) is 0 Å². The molecule has 2 atom stereocenters. The summed E-state index contributed by atoms with van der Waals surface area (Å²) in [5.74, 6) is -0.275. The summed E-state index contributed by atoms with van der Waals surface area (Å²) in [4.78, 5) is 10.7.